The maximum absolute atomic E-state index is 11.0. The van der Waals surface area contributed by atoms with Crippen LogP contribution in [0, 0.1) is 0 Å². The minimum Gasteiger partial charge on any atom is -0.480 e. The maximum Gasteiger partial charge on any atom is 0.323 e. The van der Waals surface area contributed by atoms with Gasteiger partial charge in [-0.05, 0) is 34.1 Å². The molecule has 0 amide bonds. The molecule has 0 aromatic rings. The number of nitrogens with zero attached hydrogens (tertiary/aromatic N) is 1. The normalized spacial score (nSPS) is 26.2. The molecule has 3 N–H and O–H groups in total. The van der Waals surface area contributed by atoms with Crippen molar-refractivity contribution in [2.75, 3.05) is 19.8 Å². The Morgan fingerprint density at radius 2 is 2.24 bits per heavy atom. The van der Waals surface area contributed by atoms with Crippen LogP contribution in [0.3, 0.4) is 0 Å². The Morgan fingerprint density at radius 1 is 1.65 bits per heavy atom. The molecule has 0 spiro atoms. The predicted octanol–water partition coefficient (Wildman–Crippen LogP) is 0.678. The van der Waals surface area contributed by atoms with Crippen molar-refractivity contribution in [3.05, 3.63) is 0 Å². The third kappa shape index (κ3) is 3.40. The highest BCUT2D eigenvalue weighted by Crippen LogP contribution is 2.25. The fourth-order valence-electron chi connectivity index (χ4n) is 2.50. The van der Waals surface area contributed by atoms with Crippen LogP contribution in [0.2, 0.25) is 0 Å². The van der Waals surface area contributed by atoms with E-state index in [2.05, 4.69) is 18.7 Å². The molecular formula is C12H24N2O3. The first kappa shape index (κ1) is 14.4. The average molecular weight is 244 g/mol. The number of morpholine rings is 1. The van der Waals surface area contributed by atoms with Crippen molar-refractivity contribution in [2.24, 2.45) is 5.73 Å². The predicted molar refractivity (Wildman–Crippen MR) is 65.9 cm³/mol. The van der Waals surface area contributed by atoms with Crippen molar-refractivity contribution >= 4 is 5.97 Å². The third-order valence-corrected chi connectivity index (χ3v) is 3.45. The summed E-state index contributed by atoms with van der Waals surface area (Å²) in [5.74, 6) is -0.949. The Bertz CT molecular complexity index is 289. The van der Waals surface area contributed by atoms with E-state index in [4.69, 9.17) is 15.6 Å². The van der Waals surface area contributed by atoms with E-state index in [1.807, 2.05) is 6.92 Å². The second-order valence-corrected chi connectivity index (χ2v) is 5.83. The zero-order valence-corrected chi connectivity index (χ0v) is 11.2. The number of hydrogen-bond donors (Lipinski definition) is 2. The molecule has 1 aliphatic heterocycles. The number of nitrogens with two attached hydrogens (primary N) is 1. The molecule has 100 valence electrons. The molecule has 0 bridgehead atoms. The van der Waals surface area contributed by atoms with Crippen molar-refractivity contribution in [2.45, 2.75) is 51.2 Å². The fraction of sp³-hybridized carbons (Fsp3) is 0.917. The number of carbonyl (C=O) groups is 1. The quantitative estimate of drug-likeness (QED) is 0.760. The highest BCUT2D eigenvalue weighted by atomic mass is 16.5. The zero-order chi connectivity index (χ0) is 13.3. The van der Waals surface area contributed by atoms with Crippen LogP contribution in [0.25, 0.3) is 0 Å². The summed E-state index contributed by atoms with van der Waals surface area (Å²) in [4.78, 5) is 13.3. The SMILES string of the molecule is CC(CC(C)(N)C(=O)O)N1CCOCC1(C)C. The zero-order valence-electron chi connectivity index (χ0n) is 11.2. The lowest BCUT2D eigenvalue weighted by Crippen LogP contribution is -2.59. The molecular weight excluding hydrogens is 220 g/mol. The summed E-state index contributed by atoms with van der Waals surface area (Å²) in [5, 5.41) is 9.05. The highest BCUT2D eigenvalue weighted by Gasteiger charge is 2.38. The number of hydrogen-bond acceptors (Lipinski definition) is 4. The van der Waals surface area contributed by atoms with Gasteiger partial charge in [0.1, 0.15) is 5.54 Å². The molecule has 1 heterocycles. The molecule has 2 unspecified atom stereocenters. The lowest BCUT2D eigenvalue weighted by Gasteiger charge is -2.46. The van der Waals surface area contributed by atoms with Crippen molar-refractivity contribution < 1.29 is 14.6 Å². The first-order valence-corrected chi connectivity index (χ1v) is 6.03. The lowest BCUT2D eigenvalue weighted by atomic mass is 9.91. The Balaban J connectivity index is 2.69. The Kier molecular flexibility index (Phi) is 4.17. The number of ether oxygens (including phenoxy) is 1. The van der Waals surface area contributed by atoms with E-state index in [0.717, 1.165) is 6.54 Å². The van der Waals surface area contributed by atoms with Crippen molar-refractivity contribution in [1.29, 1.82) is 0 Å². The topological polar surface area (TPSA) is 75.8 Å². The molecule has 0 aliphatic carbocycles. The van der Waals surface area contributed by atoms with Crippen LogP contribution < -0.4 is 5.73 Å². The van der Waals surface area contributed by atoms with Crippen LogP contribution in [-0.2, 0) is 9.53 Å². The number of carboxylic acid groups (broad SMARTS) is 1. The van der Waals surface area contributed by atoms with Gasteiger partial charge >= 0.3 is 5.97 Å². The van der Waals surface area contributed by atoms with Gasteiger partial charge in [0.25, 0.3) is 0 Å². The van der Waals surface area contributed by atoms with Gasteiger partial charge in [-0.2, -0.15) is 0 Å². The number of aliphatic carboxylic acids is 1. The van der Waals surface area contributed by atoms with E-state index in [1.165, 1.54) is 0 Å². The maximum atomic E-state index is 11.0. The molecule has 0 aromatic heterocycles. The molecule has 1 saturated heterocycles. The van der Waals surface area contributed by atoms with Gasteiger partial charge in [0.05, 0.1) is 13.2 Å². The summed E-state index contributed by atoms with van der Waals surface area (Å²) in [6.45, 7) is 10.0. The molecule has 1 aliphatic rings. The van der Waals surface area contributed by atoms with E-state index in [0.29, 0.717) is 19.6 Å². The van der Waals surface area contributed by atoms with Crippen molar-refractivity contribution in [3.63, 3.8) is 0 Å². The lowest BCUT2D eigenvalue weighted by molar-refractivity contribution is -0.144. The van der Waals surface area contributed by atoms with E-state index < -0.39 is 11.5 Å². The second kappa shape index (κ2) is 4.92. The molecule has 0 radical (unpaired) electrons. The van der Waals surface area contributed by atoms with E-state index in [9.17, 15) is 4.79 Å². The van der Waals surface area contributed by atoms with E-state index in [1.54, 1.807) is 6.92 Å². The third-order valence-electron chi connectivity index (χ3n) is 3.45. The first-order chi connectivity index (χ1) is 7.67. The standard InChI is InChI=1S/C12H24N2O3/c1-9(7-12(4,13)10(15)16)14-5-6-17-8-11(14,2)3/h9H,5-8,13H2,1-4H3,(H,15,16). The molecule has 17 heavy (non-hydrogen) atoms. The second-order valence-electron chi connectivity index (χ2n) is 5.83. The molecule has 5 nitrogen and oxygen atoms in total. The minimum atomic E-state index is -1.17. The van der Waals surface area contributed by atoms with E-state index in [-0.39, 0.29) is 11.6 Å². The minimum absolute atomic E-state index is 0.0632. The van der Waals surface area contributed by atoms with Gasteiger partial charge in [-0.3, -0.25) is 9.69 Å². The highest BCUT2D eigenvalue weighted by molar-refractivity contribution is 5.77. The molecule has 5 heteroatoms. The van der Waals surface area contributed by atoms with E-state index >= 15 is 0 Å². The summed E-state index contributed by atoms with van der Waals surface area (Å²) in [6.07, 6.45) is 0.436. The first-order valence-electron chi connectivity index (χ1n) is 6.03. The van der Waals surface area contributed by atoms with Crippen molar-refractivity contribution in [1.82, 2.24) is 4.90 Å². The van der Waals surface area contributed by atoms with Crippen molar-refractivity contribution in [3.8, 4) is 0 Å². The van der Waals surface area contributed by atoms with Gasteiger partial charge in [0, 0.05) is 18.1 Å². The van der Waals surface area contributed by atoms with Gasteiger partial charge in [-0.1, -0.05) is 0 Å². The summed E-state index contributed by atoms with van der Waals surface area (Å²) in [7, 11) is 0. The Labute approximate surface area is 103 Å². The van der Waals surface area contributed by atoms with Crippen LogP contribution >= 0.6 is 0 Å². The number of carboxylic acids is 1. The van der Waals surface area contributed by atoms with Gasteiger partial charge in [-0.25, -0.2) is 0 Å². The largest absolute Gasteiger partial charge is 0.480 e. The average Bonchev–Trinajstić information content (AvgIpc) is 2.15. The van der Waals surface area contributed by atoms with Crippen LogP contribution in [-0.4, -0.2) is 52.9 Å². The Hall–Kier alpha value is -0.650. The molecule has 0 saturated carbocycles. The molecule has 1 fully saturated rings. The molecule has 1 rings (SSSR count). The summed E-state index contributed by atoms with van der Waals surface area (Å²) < 4.78 is 5.45. The van der Waals surface area contributed by atoms with Crippen LogP contribution in [0.15, 0.2) is 0 Å². The smallest absolute Gasteiger partial charge is 0.323 e. The van der Waals surface area contributed by atoms with Gasteiger partial charge in [-0.15, -0.1) is 0 Å². The summed E-state index contributed by atoms with van der Waals surface area (Å²) in [5.41, 5.74) is 4.56. The van der Waals surface area contributed by atoms with Crippen LogP contribution in [0.5, 0.6) is 0 Å². The summed E-state index contributed by atoms with van der Waals surface area (Å²) in [6, 6.07) is 0.125. The van der Waals surface area contributed by atoms with Gasteiger partial charge in [0.15, 0.2) is 0 Å². The summed E-state index contributed by atoms with van der Waals surface area (Å²) >= 11 is 0. The molecule has 2 atom stereocenters. The van der Waals surface area contributed by atoms with Gasteiger partial charge in [0.2, 0.25) is 0 Å². The monoisotopic (exact) mass is 244 g/mol. The number of rotatable bonds is 4. The molecule has 0 aromatic carbocycles. The van der Waals surface area contributed by atoms with Crippen LogP contribution in [0.4, 0.5) is 0 Å². The van der Waals surface area contributed by atoms with Gasteiger partial charge < -0.3 is 15.6 Å². The van der Waals surface area contributed by atoms with Crippen LogP contribution in [0.1, 0.15) is 34.1 Å². The fourth-order valence-corrected chi connectivity index (χ4v) is 2.50. The Morgan fingerprint density at radius 3 is 2.71 bits per heavy atom.